The van der Waals surface area contributed by atoms with Crippen LogP contribution in [0.4, 0.5) is 0 Å². The van der Waals surface area contributed by atoms with E-state index < -0.39 is 6.10 Å². The van der Waals surface area contributed by atoms with E-state index in [0.29, 0.717) is 5.70 Å². The Labute approximate surface area is 79.7 Å². The molecule has 0 radical (unpaired) electrons. The lowest BCUT2D eigenvalue weighted by atomic mass is 9.73. The van der Waals surface area contributed by atoms with Crippen molar-refractivity contribution in [1.82, 2.24) is 0 Å². The van der Waals surface area contributed by atoms with Gasteiger partial charge in [0.15, 0.2) is 0 Å². The first-order valence-corrected chi connectivity index (χ1v) is 4.55. The van der Waals surface area contributed by atoms with Crippen LogP contribution in [0.3, 0.4) is 0 Å². The molecule has 2 nitrogen and oxygen atoms in total. The van der Waals surface area contributed by atoms with Gasteiger partial charge < -0.3 is 5.11 Å². The van der Waals surface area contributed by atoms with E-state index in [0.717, 1.165) is 18.4 Å². The number of aliphatic hydroxyl groups excluding tert-OH is 1. The van der Waals surface area contributed by atoms with Crippen molar-refractivity contribution in [3.05, 3.63) is 23.9 Å². The molecule has 0 saturated carbocycles. The summed E-state index contributed by atoms with van der Waals surface area (Å²) >= 11 is 0. The number of aliphatic imine (C=N–C) groups is 1. The highest BCUT2D eigenvalue weighted by Gasteiger charge is 2.32. The maximum atomic E-state index is 9.66. The first kappa shape index (κ1) is 10.2. The number of hydrogen-bond donors (Lipinski definition) is 1. The average molecular weight is 179 g/mol. The van der Waals surface area contributed by atoms with E-state index in [4.69, 9.17) is 0 Å². The predicted octanol–water partition coefficient (Wildman–Crippen LogP) is 2.31. The van der Waals surface area contributed by atoms with Gasteiger partial charge >= 0.3 is 0 Å². The van der Waals surface area contributed by atoms with E-state index in [1.807, 2.05) is 0 Å². The van der Waals surface area contributed by atoms with Crippen LogP contribution in [0.15, 0.2) is 28.9 Å². The Hall–Kier alpha value is -0.890. The van der Waals surface area contributed by atoms with Crippen molar-refractivity contribution in [1.29, 1.82) is 0 Å². The number of aliphatic hydroxyl groups is 1. The second-order valence-corrected chi connectivity index (χ2v) is 4.10. The Kier molecular flexibility index (Phi) is 2.71. The van der Waals surface area contributed by atoms with Crippen molar-refractivity contribution in [2.75, 3.05) is 0 Å². The third kappa shape index (κ3) is 1.73. The van der Waals surface area contributed by atoms with Crippen LogP contribution < -0.4 is 0 Å². The lowest BCUT2D eigenvalue weighted by Crippen LogP contribution is -2.27. The van der Waals surface area contributed by atoms with Crippen molar-refractivity contribution < 1.29 is 5.11 Å². The molecular weight excluding hydrogens is 162 g/mol. The molecule has 2 heteroatoms. The van der Waals surface area contributed by atoms with E-state index in [-0.39, 0.29) is 5.41 Å². The molecule has 0 spiro atoms. The monoisotopic (exact) mass is 179 g/mol. The molecule has 1 aliphatic rings. The fourth-order valence-corrected chi connectivity index (χ4v) is 1.87. The lowest BCUT2D eigenvalue weighted by Gasteiger charge is -2.34. The summed E-state index contributed by atoms with van der Waals surface area (Å²) in [7, 11) is 0. The third-order valence-electron chi connectivity index (χ3n) is 2.74. The maximum absolute atomic E-state index is 9.66. The quantitative estimate of drug-likeness (QED) is 0.648. The van der Waals surface area contributed by atoms with Gasteiger partial charge in [-0.15, -0.1) is 0 Å². The molecule has 13 heavy (non-hydrogen) atoms. The van der Waals surface area contributed by atoms with Crippen LogP contribution in [0.2, 0.25) is 0 Å². The van der Waals surface area contributed by atoms with Gasteiger partial charge in [0.05, 0.1) is 11.8 Å². The molecule has 1 aliphatic carbocycles. The molecule has 1 atom stereocenters. The topological polar surface area (TPSA) is 32.6 Å². The molecule has 1 unspecified atom stereocenters. The molecule has 0 heterocycles. The maximum Gasteiger partial charge on any atom is 0.0962 e. The Morgan fingerprint density at radius 1 is 1.62 bits per heavy atom. The van der Waals surface area contributed by atoms with Crippen molar-refractivity contribution in [2.45, 2.75) is 32.8 Å². The summed E-state index contributed by atoms with van der Waals surface area (Å²) in [6.45, 7) is 11.5. The molecule has 0 aromatic carbocycles. The molecule has 0 saturated heterocycles. The molecule has 72 valence electrons. The number of allylic oxidation sites excluding steroid dienone is 2. The summed E-state index contributed by atoms with van der Waals surface area (Å²) in [5.74, 6) is 0. The SMILES string of the molecule is C=CC1=C(N=C)C(O)CCC1(C)C. The van der Waals surface area contributed by atoms with Crippen molar-refractivity contribution in [3.63, 3.8) is 0 Å². The van der Waals surface area contributed by atoms with Gasteiger partial charge in [-0.3, -0.25) is 4.99 Å². The van der Waals surface area contributed by atoms with Crippen LogP contribution in [0.5, 0.6) is 0 Å². The Morgan fingerprint density at radius 3 is 2.62 bits per heavy atom. The summed E-state index contributed by atoms with van der Waals surface area (Å²) in [5.41, 5.74) is 1.80. The van der Waals surface area contributed by atoms with Crippen molar-refractivity contribution in [3.8, 4) is 0 Å². The highest BCUT2D eigenvalue weighted by atomic mass is 16.3. The van der Waals surface area contributed by atoms with Crippen LogP contribution in [-0.4, -0.2) is 17.9 Å². The normalized spacial score (nSPS) is 27.2. The van der Waals surface area contributed by atoms with Crippen molar-refractivity contribution >= 4 is 6.72 Å². The van der Waals surface area contributed by atoms with Gasteiger partial charge in [-0.1, -0.05) is 26.5 Å². The first-order valence-electron chi connectivity index (χ1n) is 4.55. The smallest absolute Gasteiger partial charge is 0.0962 e. The summed E-state index contributed by atoms with van der Waals surface area (Å²) in [6.07, 6.45) is 3.05. The molecule has 1 N–H and O–H groups in total. The summed E-state index contributed by atoms with van der Waals surface area (Å²) in [4.78, 5) is 3.88. The Morgan fingerprint density at radius 2 is 2.23 bits per heavy atom. The minimum atomic E-state index is -0.460. The zero-order valence-electron chi connectivity index (χ0n) is 8.38. The van der Waals surface area contributed by atoms with E-state index in [1.165, 1.54) is 0 Å². The molecule has 0 fully saturated rings. The second-order valence-electron chi connectivity index (χ2n) is 4.10. The molecule has 1 rings (SSSR count). The lowest BCUT2D eigenvalue weighted by molar-refractivity contribution is 0.161. The molecule has 0 aromatic heterocycles. The summed E-state index contributed by atoms with van der Waals surface area (Å²) < 4.78 is 0. The highest BCUT2D eigenvalue weighted by molar-refractivity contribution is 5.39. The summed E-state index contributed by atoms with van der Waals surface area (Å²) in [6, 6.07) is 0. The van der Waals surface area contributed by atoms with Gasteiger partial charge in [-0.2, -0.15) is 0 Å². The molecular formula is C11H17NO. The van der Waals surface area contributed by atoms with Gasteiger partial charge in [-0.05, 0) is 30.5 Å². The standard InChI is InChI=1S/C11H17NO/c1-5-8-10(12-4)9(13)6-7-11(8,2)3/h5,9,13H,1,4,6-7H2,2-3H3. The molecule has 0 aromatic rings. The highest BCUT2D eigenvalue weighted by Crippen LogP contribution is 2.40. The number of hydrogen-bond acceptors (Lipinski definition) is 2. The van der Waals surface area contributed by atoms with Gasteiger partial charge in [0.1, 0.15) is 0 Å². The minimum Gasteiger partial charge on any atom is -0.387 e. The fourth-order valence-electron chi connectivity index (χ4n) is 1.87. The van der Waals surface area contributed by atoms with Gasteiger partial charge in [0, 0.05) is 0 Å². The molecule has 0 bridgehead atoms. The average Bonchev–Trinajstić information content (AvgIpc) is 2.08. The van der Waals surface area contributed by atoms with Crippen LogP contribution in [0, 0.1) is 5.41 Å². The summed E-state index contributed by atoms with van der Waals surface area (Å²) in [5, 5.41) is 9.66. The zero-order chi connectivity index (χ0) is 10.1. The van der Waals surface area contributed by atoms with Crippen LogP contribution in [-0.2, 0) is 0 Å². The van der Waals surface area contributed by atoms with E-state index in [1.54, 1.807) is 6.08 Å². The number of rotatable bonds is 2. The van der Waals surface area contributed by atoms with Crippen LogP contribution >= 0.6 is 0 Å². The fraction of sp³-hybridized carbons (Fsp3) is 0.545. The largest absolute Gasteiger partial charge is 0.387 e. The Bertz CT molecular complexity index is 263. The first-order chi connectivity index (χ1) is 6.03. The predicted molar refractivity (Wildman–Crippen MR) is 55.8 cm³/mol. The van der Waals surface area contributed by atoms with Crippen LogP contribution in [0.1, 0.15) is 26.7 Å². The molecule has 0 amide bonds. The van der Waals surface area contributed by atoms with E-state index >= 15 is 0 Å². The minimum absolute atomic E-state index is 0.0670. The second kappa shape index (κ2) is 3.46. The van der Waals surface area contributed by atoms with Crippen molar-refractivity contribution in [2.24, 2.45) is 10.4 Å². The molecule has 0 aliphatic heterocycles. The van der Waals surface area contributed by atoms with Gasteiger partial charge in [-0.25, -0.2) is 0 Å². The van der Waals surface area contributed by atoms with Crippen LogP contribution in [0.25, 0.3) is 0 Å². The number of nitrogens with zero attached hydrogens (tertiary/aromatic N) is 1. The third-order valence-corrected chi connectivity index (χ3v) is 2.74. The zero-order valence-corrected chi connectivity index (χ0v) is 8.38. The Balaban J connectivity index is 3.20. The van der Waals surface area contributed by atoms with E-state index in [9.17, 15) is 5.11 Å². The van der Waals surface area contributed by atoms with Gasteiger partial charge in [0.2, 0.25) is 0 Å². The van der Waals surface area contributed by atoms with Gasteiger partial charge in [0.25, 0.3) is 0 Å². The van der Waals surface area contributed by atoms with E-state index in [2.05, 4.69) is 32.1 Å².